The number of rotatable bonds is 17. The molecule has 8 heterocycles. The van der Waals surface area contributed by atoms with Crippen LogP contribution in [-0.2, 0) is 99.7 Å². The first-order chi connectivity index (χ1) is 73.5. The van der Waals surface area contributed by atoms with Crippen LogP contribution in [-0.4, -0.2) is 72.2 Å². The topological polar surface area (TPSA) is 103 Å². The summed E-state index contributed by atoms with van der Waals surface area (Å²) >= 11 is 0. The van der Waals surface area contributed by atoms with E-state index in [1.54, 1.807) is 36.7 Å². The van der Waals surface area contributed by atoms with Crippen LogP contribution >= 0.6 is 0 Å². The van der Waals surface area contributed by atoms with Crippen LogP contribution in [0, 0.1) is 48.5 Å². The number of benzene rings is 8. The number of aryl methyl sites for hydroxylation is 3. The van der Waals surface area contributed by atoms with Crippen LogP contribution < -0.4 is 20.7 Å². The SMILES string of the molecule is [2H]c1[c-]c(-c2cc(C(C)C)c([Si](C)(C)C)cn2)c([2H])c([2H])c1[2H].[2H]c1[c-]c(-c2cc(CC)c([Si](C)(C)C)cn2)c([2H])c([2H])c1[2H].[2H]c1[c-]c(-c2cc(CC)c([Si](C)(C)C)cn2)c([2H])c([2H])c1[2H].[2H]c1[c-]c(-c2cc(CCC)c([Si](C)(C)C)cn2)c([2H])c([2H])c1[2H].[2H]c1[c-]c(-c2ccccn2)cc([2H])c1[2H].[2H]c1[c-]c(-c2ccccn2)cc([2H])c1[2H].[2H]c1[c-]c(-c2nc([2H])c([2H])c([2H])c2[2H])cc([2H])c1[2H].[2H]c1[c-]c(-c2nc([2H])c([2H])c([2H])c2[2H])cc([2H])c1[2H].[Ir].[Ir].[Ir].[Ir]. The van der Waals surface area contributed by atoms with Crippen LogP contribution in [0.1, 0.15) is 119 Å². The Bertz CT molecular complexity index is 7610. The molecular formula is C110H116Ir4N8Si4-8. The number of hydrogen-bond donors (Lipinski definition) is 0. The molecule has 0 unspecified atom stereocenters. The molecule has 0 atom stereocenters. The van der Waals surface area contributed by atoms with Crippen LogP contribution in [0.5, 0.6) is 0 Å². The van der Waals surface area contributed by atoms with E-state index in [9.17, 15) is 0 Å². The fourth-order valence-corrected chi connectivity index (χ4v) is 18.2. The summed E-state index contributed by atoms with van der Waals surface area (Å²) < 4.78 is 274. The molecule has 0 aliphatic carbocycles. The maximum Gasteiger partial charge on any atom is 0.0830 e. The van der Waals surface area contributed by atoms with Gasteiger partial charge >= 0.3 is 0 Å². The van der Waals surface area contributed by atoms with Gasteiger partial charge in [0.1, 0.15) is 0 Å². The largest absolute Gasteiger partial charge is 0.305 e. The molecular weight excluding hydrogens is 2310 g/mol. The van der Waals surface area contributed by atoms with Crippen molar-refractivity contribution in [1.29, 1.82) is 0 Å². The normalized spacial score (nSPS) is 14.5. The monoisotopic (exact) mass is 2470 g/mol. The van der Waals surface area contributed by atoms with Gasteiger partial charge < -0.3 is 39.9 Å². The average Bonchev–Trinajstić information content (AvgIpc) is 0.786. The second-order valence-corrected chi connectivity index (χ2v) is 51.2. The molecule has 656 valence electrons. The van der Waals surface area contributed by atoms with Gasteiger partial charge in [-0.2, -0.15) is 0 Å². The minimum Gasteiger partial charge on any atom is -0.305 e. The molecule has 16 rings (SSSR count). The average molecular weight is 2470 g/mol. The zero-order valence-corrected chi connectivity index (χ0v) is 86.4. The summed E-state index contributed by atoms with van der Waals surface area (Å²) in [7, 11) is -6.02. The van der Waals surface area contributed by atoms with Gasteiger partial charge in [-0.05, 0) is 132 Å². The van der Waals surface area contributed by atoms with Crippen molar-refractivity contribution in [3.63, 3.8) is 0 Å². The van der Waals surface area contributed by atoms with E-state index in [4.69, 9.17) is 49.3 Å². The van der Waals surface area contributed by atoms with Crippen molar-refractivity contribution in [3.8, 4) is 90.1 Å². The summed E-state index contributed by atoms with van der Waals surface area (Å²) in [6.07, 6.45) is 13.6. The first-order valence-corrected chi connectivity index (χ1v) is 53.3. The van der Waals surface area contributed by atoms with E-state index in [1.165, 1.54) is 67.3 Å². The Morgan fingerprint density at radius 2 is 0.556 bits per heavy atom. The second kappa shape index (κ2) is 55.2. The van der Waals surface area contributed by atoms with E-state index in [2.05, 4.69) is 202 Å². The zero-order chi connectivity index (χ0) is 119. The Balaban J connectivity index is 0.000000324. The van der Waals surface area contributed by atoms with Crippen molar-refractivity contribution in [2.24, 2.45) is 0 Å². The fourth-order valence-electron chi connectivity index (χ4n) is 11.6. The van der Waals surface area contributed by atoms with Crippen LogP contribution in [0.3, 0.4) is 0 Å². The van der Waals surface area contributed by atoms with Gasteiger partial charge in [0, 0.05) is 152 Å². The molecule has 0 bridgehead atoms. The Kier molecular flexibility index (Phi) is 27.8. The maximum absolute atomic E-state index is 8.07. The van der Waals surface area contributed by atoms with Gasteiger partial charge in [-0.15, -0.1) is 286 Å². The quantitative estimate of drug-likeness (QED) is 0.0656. The standard InChI is InChI=1S/2C17H22NSi.2C16H20NSi.4C11H8N.4Ir/c1-13(2)15-11-16(14-9-7-6-8-10-14)18-12-17(15)19(3,4)5;1-5-9-15-12-16(14-10-7-6-8-11-14)18-13-17(15)19(2,3)4;2*1-5-13-11-15(14-9-7-6-8-10-14)17-12-16(13)18(2,3)4;4*1-2-6-10(7-3-1)11-8-4-5-9-12-11;;;;/h6-9,11-13H,1-5H3;6-8,10,12-13H,5,9H2,1-4H3;2*6-9,11-12H,5H2,1-4H3;4*1-6,8-9H;;;;/q8*-1;;;;/i6D,7D,8D,9D;6D,7D,8D,10D;2*6D,7D,8D,9D;2*1D,2D,3D,4D,5D,8D,9D;2*1D,2D,3D;;;;. The molecule has 0 spiro atoms. The third-order valence-electron chi connectivity index (χ3n) is 17.6. The summed E-state index contributed by atoms with van der Waals surface area (Å²) in [5, 5.41) is 5.18. The zero-order valence-electron chi connectivity index (χ0n) is 109. The summed E-state index contributed by atoms with van der Waals surface area (Å²) in [5.41, 5.74) is 11.0. The predicted octanol–water partition coefficient (Wildman–Crippen LogP) is 25.8. The van der Waals surface area contributed by atoms with Gasteiger partial charge in [0.25, 0.3) is 0 Å². The Labute approximate surface area is 862 Å². The molecule has 0 saturated carbocycles. The van der Waals surface area contributed by atoms with E-state index in [0.29, 0.717) is 73.5 Å². The smallest absolute Gasteiger partial charge is 0.0830 e. The van der Waals surface area contributed by atoms with Crippen molar-refractivity contribution >= 4 is 53.0 Å². The molecule has 0 aliphatic rings. The molecule has 0 fully saturated rings. The Morgan fingerprint density at radius 3 is 0.841 bits per heavy atom. The number of aromatic nitrogens is 8. The summed E-state index contributed by atoms with van der Waals surface area (Å²) in [6.45, 7) is 37.8. The van der Waals surface area contributed by atoms with E-state index in [-0.39, 0.29) is 284 Å². The van der Waals surface area contributed by atoms with Gasteiger partial charge in [-0.25, -0.2) is 0 Å². The number of pyridine rings is 8. The Morgan fingerprint density at radius 1 is 0.278 bits per heavy atom. The minimum absolute atomic E-state index is 0. The molecule has 8 aromatic carbocycles. The van der Waals surface area contributed by atoms with Crippen LogP contribution in [0.25, 0.3) is 90.1 Å². The molecule has 0 aliphatic heterocycles. The minimum atomic E-state index is -1.53. The fraction of sp³-hybridized carbons (Fsp3) is 0.200. The van der Waals surface area contributed by atoms with Crippen molar-refractivity contribution in [2.75, 3.05) is 0 Å². The molecule has 4 radical (unpaired) electrons. The first kappa shape index (κ1) is 63.4. The van der Waals surface area contributed by atoms with Gasteiger partial charge in [0.15, 0.2) is 0 Å². The predicted molar refractivity (Wildman–Crippen MR) is 527 cm³/mol. The van der Waals surface area contributed by atoms with Crippen LogP contribution in [0.4, 0.5) is 0 Å². The van der Waals surface area contributed by atoms with Crippen LogP contribution in [0.15, 0.2) is 340 Å². The molecule has 16 heteroatoms. The Hall–Kier alpha value is -9.58. The van der Waals surface area contributed by atoms with Crippen molar-refractivity contribution in [1.82, 2.24) is 39.9 Å². The van der Waals surface area contributed by atoms with Gasteiger partial charge in [0.2, 0.25) is 0 Å². The van der Waals surface area contributed by atoms with E-state index in [0.717, 1.165) is 25.7 Å². The molecule has 8 nitrogen and oxygen atoms in total. The van der Waals surface area contributed by atoms with Gasteiger partial charge in [0.05, 0.1) is 43.3 Å². The summed E-state index contributed by atoms with van der Waals surface area (Å²) in [5.74, 6) is 0.328. The molecule has 16 aromatic rings. The van der Waals surface area contributed by atoms with Gasteiger partial charge in [-0.1, -0.05) is 215 Å². The van der Waals surface area contributed by atoms with E-state index in [1.807, 2.05) is 61.2 Å². The van der Waals surface area contributed by atoms with E-state index < -0.39 is 68.8 Å². The van der Waals surface area contributed by atoms with Crippen molar-refractivity contribution < 1.29 is 130 Å². The molecule has 8 aromatic heterocycles. The summed E-state index contributed by atoms with van der Waals surface area (Å²) in [6, 6.07) is 38.1. The van der Waals surface area contributed by atoms with Crippen molar-refractivity contribution in [2.45, 2.75) is 145 Å². The molecule has 0 N–H and O–H groups in total. The first-order valence-electron chi connectivity index (χ1n) is 57.3. The summed E-state index contributed by atoms with van der Waals surface area (Å²) in [4.78, 5) is 33.5. The molecule has 126 heavy (non-hydrogen) atoms. The van der Waals surface area contributed by atoms with E-state index >= 15 is 0 Å². The number of nitrogens with zero attached hydrogens (tertiary/aromatic N) is 8. The maximum atomic E-state index is 8.07. The van der Waals surface area contributed by atoms with Crippen molar-refractivity contribution in [3.05, 3.63) is 411 Å². The third kappa shape index (κ3) is 34.9. The molecule has 0 saturated heterocycles. The second-order valence-electron chi connectivity index (χ2n) is 31.1. The van der Waals surface area contributed by atoms with Crippen LogP contribution in [0.2, 0.25) is 78.6 Å². The van der Waals surface area contributed by atoms with Gasteiger partial charge in [-0.3, -0.25) is 0 Å². The number of hydrogen-bond acceptors (Lipinski definition) is 8. The molecule has 0 amide bonds. The third-order valence-corrected chi connectivity index (χ3v) is 25.8.